The Bertz CT molecular complexity index is 209. The second-order valence-corrected chi connectivity index (χ2v) is 4.97. The van der Waals surface area contributed by atoms with Gasteiger partial charge in [-0.1, -0.05) is 6.92 Å². The first-order chi connectivity index (χ1) is 6.46. The zero-order valence-corrected chi connectivity index (χ0v) is 9.34. The molecule has 1 rings (SSSR count). The van der Waals surface area contributed by atoms with E-state index >= 15 is 0 Å². The van der Waals surface area contributed by atoms with E-state index in [2.05, 4.69) is 5.32 Å². The summed E-state index contributed by atoms with van der Waals surface area (Å²) in [7, 11) is 0. The second-order valence-electron chi connectivity index (χ2n) is 4.97. The number of carbonyl (C=O) groups is 1. The number of aliphatic hydroxyl groups excluding tert-OH is 1. The molecule has 1 aliphatic carbocycles. The topological polar surface area (TPSA) is 49.3 Å². The van der Waals surface area contributed by atoms with Gasteiger partial charge in [0, 0.05) is 18.1 Å². The Hall–Kier alpha value is -0.570. The predicted octanol–water partition coefficient (Wildman–Crippen LogP) is 1.31. The van der Waals surface area contributed by atoms with E-state index in [1.807, 2.05) is 20.8 Å². The first-order valence-corrected chi connectivity index (χ1v) is 5.39. The zero-order chi connectivity index (χ0) is 10.8. The van der Waals surface area contributed by atoms with Crippen molar-refractivity contribution in [2.75, 3.05) is 6.61 Å². The minimum atomic E-state index is -0.283. The van der Waals surface area contributed by atoms with Gasteiger partial charge in [0.15, 0.2) is 0 Å². The minimum Gasteiger partial charge on any atom is -0.396 e. The molecule has 0 aromatic rings. The highest BCUT2D eigenvalue weighted by Gasteiger charge is 2.34. The van der Waals surface area contributed by atoms with Crippen molar-refractivity contribution in [2.45, 2.75) is 45.6 Å². The quantitative estimate of drug-likeness (QED) is 0.701. The Morgan fingerprint density at radius 3 is 2.57 bits per heavy atom. The van der Waals surface area contributed by atoms with Crippen molar-refractivity contribution in [1.29, 1.82) is 0 Å². The summed E-state index contributed by atoms with van der Waals surface area (Å²) in [5.74, 6) is 0.860. The van der Waals surface area contributed by atoms with Crippen LogP contribution in [0.2, 0.25) is 0 Å². The van der Waals surface area contributed by atoms with Crippen LogP contribution < -0.4 is 5.32 Å². The SMILES string of the molecule is CC(C(=O)NC(C)(C)CCO)C1CC1. The molecule has 0 bridgehead atoms. The van der Waals surface area contributed by atoms with Crippen LogP contribution in [-0.4, -0.2) is 23.2 Å². The molecule has 3 nitrogen and oxygen atoms in total. The average Bonchev–Trinajstić information content (AvgIpc) is 2.83. The molecule has 82 valence electrons. The van der Waals surface area contributed by atoms with Gasteiger partial charge < -0.3 is 10.4 Å². The number of nitrogens with one attached hydrogen (secondary N) is 1. The van der Waals surface area contributed by atoms with Crippen molar-refractivity contribution in [3.63, 3.8) is 0 Å². The second kappa shape index (κ2) is 4.30. The maximum Gasteiger partial charge on any atom is 0.223 e. The summed E-state index contributed by atoms with van der Waals surface area (Å²) in [5.41, 5.74) is -0.283. The third kappa shape index (κ3) is 3.29. The van der Waals surface area contributed by atoms with Crippen LogP contribution >= 0.6 is 0 Å². The summed E-state index contributed by atoms with van der Waals surface area (Å²) in [6.07, 6.45) is 2.99. The Morgan fingerprint density at radius 1 is 1.57 bits per heavy atom. The van der Waals surface area contributed by atoms with E-state index in [0.29, 0.717) is 12.3 Å². The highest BCUT2D eigenvalue weighted by molar-refractivity contribution is 5.79. The highest BCUT2D eigenvalue weighted by atomic mass is 16.3. The van der Waals surface area contributed by atoms with Crippen LogP contribution in [0.15, 0.2) is 0 Å². The zero-order valence-electron chi connectivity index (χ0n) is 9.34. The van der Waals surface area contributed by atoms with Gasteiger partial charge in [0.25, 0.3) is 0 Å². The van der Waals surface area contributed by atoms with Crippen molar-refractivity contribution in [1.82, 2.24) is 5.32 Å². The van der Waals surface area contributed by atoms with Gasteiger partial charge in [-0.25, -0.2) is 0 Å². The Labute approximate surface area is 85.9 Å². The Morgan fingerprint density at radius 2 is 2.14 bits per heavy atom. The molecular weight excluding hydrogens is 178 g/mol. The molecule has 1 unspecified atom stereocenters. The number of aliphatic hydroxyl groups is 1. The molecule has 0 radical (unpaired) electrons. The van der Waals surface area contributed by atoms with E-state index in [1.54, 1.807) is 0 Å². The molecule has 3 heteroatoms. The fourth-order valence-corrected chi connectivity index (χ4v) is 1.60. The summed E-state index contributed by atoms with van der Waals surface area (Å²) >= 11 is 0. The van der Waals surface area contributed by atoms with Crippen LogP contribution in [0.1, 0.15) is 40.0 Å². The lowest BCUT2D eigenvalue weighted by atomic mass is 9.98. The van der Waals surface area contributed by atoms with E-state index in [1.165, 1.54) is 12.8 Å². The molecule has 0 aromatic heterocycles. The van der Waals surface area contributed by atoms with Gasteiger partial charge in [-0.05, 0) is 39.0 Å². The van der Waals surface area contributed by atoms with Gasteiger partial charge in [-0.15, -0.1) is 0 Å². The van der Waals surface area contributed by atoms with Crippen molar-refractivity contribution >= 4 is 5.91 Å². The molecule has 1 saturated carbocycles. The predicted molar refractivity (Wildman–Crippen MR) is 55.8 cm³/mol. The van der Waals surface area contributed by atoms with E-state index in [-0.39, 0.29) is 24.0 Å². The van der Waals surface area contributed by atoms with Crippen molar-refractivity contribution < 1.29 is 9.90 Å². The van der Waals surface area contributed by atoms with E-state index in [9.17, 15) is 4.79 Å². The number of rotatable bonds is 5. The first-order valence-electron chi connectivity index (χ1n) is 5.39. The lowest BCUT2D eigenvalue weighted by molar-refractivity contribution is -0.126. The maximum absolute atomic E-state index is 11.7. The number of carbonyl (C=O) groups excluding carboxylic acids is 1. The van der Waals surface area contributed by atoms with Gasteiger partial charge in [0.05, 0.1) is 0 Å². The number of hydrogen-bond acceptors (Lipinski definition) is 2. The van der Waals surface area contributed by atoms with Crippen LogP contribution in [0, 0.1) is 11.8 Å². The molecule has 0 heterocycles. The van der Waals surface area contributed by atoms with Crippen LogP contribution in [0.5, 0.6) is 0 Å². The normalized spacial score (nSPS) is 19.1. The standard InChI is InChI=1S/C11H21NO2/c1-8(9-4-5-9)10(14)12-11(2,3)6-7-13/h8-9,13H,4-7H2,1-3H3,(H,12,14). The molecule has 0 spiro atoms. The molecule has 1 fully saturated rings. The molecule has 1 atom stereocenters. The summed E-state index contributed by atoms with van der Waals surface area (Å²) in [6.45, 7) is 5.99. The summed E-state index contributed by atoms with van der Waals surface area (Å²) in [4.78, 5) is 11.7. The molecule has 2 N–H and O–H groups in total. The van der Waals surface area contributed by atoms with E-state index in [4.69, 9.17) is 5.11 Å². The third-order valence-corrected chi connectivity index (χ3v) is 2.94. The lowest BCUT2D eigenvalue weighted by Gasteiger charge is -2.27. The number of amides is 1. The van der Waals surface area contributed by atoms with Crippen molar-refractivity contribution in [2.24, 2.45) is 11.8 Å². The van der Waals surface area contributed by atoms with Crippen LogP contribution in [0.3, 0.4) is 0 Å². The van der Waals surface area contributed by atoms with Gasteiger partial charge >= 0.3 is 0 Å². The monoisotopic (exact) mass is 199 g/mol. The van der Waals surface area contributed by atoms with Crippen LogP contribution in [0.25, 0.3) is 0 Å². The largest absolute Gasteiger partial charge is 0.396 e. The Kier molecular flexibility index (Phi) is 3.53. The average molecular weight is 199 g/mol. The fraction of sp³-hybridized carbons (Fsp3) is 0.909. The van der Waals surface area contributed by atoms with Gasteiger partial charge in [-0.2, -0.15) is 0 Å². The Balaban J connectivity index is 2.37. The maximum atomic E-state index is 11.7. The summed E-state index contributed by atoms with van der Waals surface area (Å²) in [6, 6.07) is 0. The van der Waals surface area contributed by atoms with Gasteiger partial charge in [0.2, 0.25) is 5.91 Å². The minimum absolute atomic E-state index is 0.116. The molecule has 0 saturated heterocycles. The smallest absolute Gasteiger partial charge is 0.223 e. The van der Waals surface area contributed by atoms with Crippen molar-refractivity contribution in [3.05, 3.63) is 0 Å². The molecule has 1 aliphatic rings. The van der Waals surface area contributed by atoms with Gasteiger partial charge in [-0.3, -0.25) is 4.79 Å². The molecule has 0 aromatic carbocycles. The molecule has 1 amide bonds. The fourth-order valence-electron chi connectivity index (χ4n) is 1.60. The van der Waals surface area contributed by atoms with Crippen LogP contribution in [0.4, 0.5) is 0 Å². The number of hydrogen-bond donors (Lipinski definition) is 2. The summed E-state index contributed by atoms with van der Waals surface area (Å²) < 4.78 is 0. The lowest BCUT2D eigenvalue weighted by Crippen LogP contribution is -2.46. The third-order valence-electron chi connectivity index (χ3n) is 2.94. The molecular formula is C11H21NO2. The van der Waals surface area contributed by atoms with Crippen LogP contribution in [-0.2, 0) is 4.79 Å². The molecule has 14 heavy (non-hydrogen) atoms. The van der Waals surface area contributed by atoms with Crippen molar-refractivity contribution in [3.8, 4) is 0 Å². The van der Waals surface area contributed by atoms with Gasteiger partial charge in [0.1, 0.15) is 0 Å². The highest BCUT2D eigenvalue weighted by Crippen LogP contribution is 2.36. The first kappa shape index (κ1) is 11.5. The van der Waals surface area contributed by atoms with E-state index in [0.717, 1.165) is 0 Å². The molecule has 0 aliphatic heterocycles. The van der Waals surface area contributed by atoms with E-state index < -0.39 is 0 Å². The summed E-state index contributed by atoms with van der Waals surface area (Å²) in [5, 5.41) is 11.8.